The van der Waals surface area contributed by atoms with Crippen LogP contribution in [0, 0.1) is 5.92 Å². The molecule has 0 bridgehead atoms. The molecule has 0 amide bonds. The van der Waals surface area contributed by atoms with Crippen LogP contribution < -0.4 is 0 Å². The second kappa shape index (κ2) is 8.97. The zero-order chi connectivity index (χ0) is 16.7. The Kier molecular flexibility index (Phi) is 6.97. The molecule has 2 rings (SSSR count). The van der Waals surface area contributed by atoms with Gasteiger partial charge in [-0.15, -0.1) is 0 Å². The van der Waals surface area contributed by atoms with Crippen LogP contribution in [0.2, 0.25) is 0 Å². The van der Waals surface area contributed by atoms with Crippen LogP contribution in [0.1, 0.15) is 51.5 Å². The minimum absolute atomic E-state index is 0.338. The van der Waals surface area contributed by atoms with Gasteiger partial charge in [0.1, 0.15) is 5.78 Å². The third kappa shape index (κ3) is 5.91. The lowest BCUT2D eigenvalue weighted by molar-refractivity contribution is -0.120. The first-order valence-corrected chi connectivity index (χ1v) is 8.89. The van der Waals surface area contributed by atoms with Crippen LogP contribution in [-0.2, 0) is 11.3 Å². The fourth-order valence-electron chi connectivity index (χ4n) is 3.25. The molecule has 1 aliphatic rings. The van der Waals surface area contributed by atoms with Crippen molar-refractivity contribution in [3.05, 3.63) is 35.9 Å². The van der Waals surface area contributed by atoms with Crippen molar-refractivity contribution in [3.8, 4) is 0 Å². The molecule has 1 fully saturated rings. The van der Waals surface area contributed by atoms with E-state index in [0.717, 1.165) is 32.4 Å². The molecule has 3 heteroatoms. The summed E-state index contributed by atoms with van der Waals surface area (Å²) in [5.41, 5.74) is 2.64. The van der Waals surface area contributed by atoms with E-state index in [1.165, 1.54) is 11.3 Å². The topological polar surface area (TPSA) is 32.7 Å². The predicted octanol–water partition coefficient (Wildman–Crippen LogP) is 4.12. The number of aliphatic imine (C=N–C) groups is 1. The number of benzene rings is 1. The molecule has 0 aromatic heterocycles. The van der Waals surface area contributed by atoms with Crippen molar-refractivity contribution in [2.75, 3.05) is 13.6 Å². The lowest BCUT2D eigenvalue weighted by atomic mass is 9.84. The van der Waals surface area contributed by atoms with Crippen molar-refractivity contribution < 1.29 is 4.79 Å². The molecule has 1 saturated carbocycles. The van der Waals surface area contributed by atoms with Crippen LogP contribution in [0.3, 0.4) is 0 Å². The average Bonchev–Trinajstić information content (AvgIpc) is 2.55. The first-order chi connectivity index (χ1) is 11.1. The van der Waals surface area contributed by atoms with E-state index in [-0.39, 0.29) is 0 Å². The molecule has 0 heterocycles. The Hall–Kier alpha value is -1.48. The van der Waals surface area contributed by atoms with Crippen LogP contribution in [0.5, 0.6) is 0 Å². The van der Waals surface area contributed by atoms with Gasteiger partial charge in [-0.25, -0.2) is 0 Å². The summed E-state index contributed by atoms with van der Waals surface area (Å²) < 4.78 is 0. The molecule has 0 saturated heterocycles. The Morgan fingerprint density at radius 3 is 2.70 bits per heavy atom. The van der Waals surface area contributed by atoms with E-state index >= 15 is 0 Å². The van der Waals surface area contributed by atoms with E-state index < -0.39 is 0 Å². The highest BCUT2D eigenvalue weighted by molar-refractivity contribution is 5.97. The van der Waals surface area contributed by atoms with E-state index in [9.17, 15) is 4.79 Å². The number of hydrogen-bond donors (Lipinski definition) is 0. The van der Waals surface area contributed by atoms with Gasteiger partial charge in [-0.05, 0) is 38.8 Å². The minimum Gasteiger partial charge on any atom is -0.302 e. The first kappa shape index (κ1) is 17.9. The van der Waals surface area contributed by atoms with Gasteiger partial charge >= 0.3 is 0 Å². The summed E-state index contributed by atoms with van der Waals surface area (Å²) in [6.45, 7) is 6.39. The van der Waals surface area contributed by atoms with Crippen molar-refractivity contribution in [2.24, 2.45) is 10.9 Å². The van der Waals surface area contributed by atoms with E-state index in [1.807, 2.05) is 0 Å². The molecule has 0 radical (unpaired) electrons. The number of rotatable bonds is 7. The highest BCUT2D eigenvalue weighted by atomic mass is 16.1. The molecule has 2 unspecified atom stereocenters. The summed E-state index contributed by atoms with van der Waals surface area (Å²) in [5.74, 6) is 0.798. The molecule has 126 valence electrons. The maximum Gasteiger partial charge on any atom is 0.133 e. The van der Waals surface area contributed by atoms with Gasteiger partial charge < -0.3 is 4.90 Å². The van der Waals surface area contributed by atoms with E-state index in [1.54, 1.807) is 0 Å². The van der Waals surface area contributed by atoms with Crippen LogP contribution in [0.15, 0.2) is 35.3 Å². The minimum atomic E-state index is 0.338. The maximum atomic E-state index is 11.6. The Morgan fingerprint density at radius 1 is 1.26 bits per heavy atom. The van der Waals surface area contributed by atoms with Gasteiger partial charge in [-0.2, -0.15) is 0 Å². The third-order valence-electron chi connectivity index (χ3n) is 4.71. The summed E-state index contributed by atoms with van der Waals surface area (Å²) in [6, 6.07) is 10.9. The normalized spacial score (nSPS) is 21.8. The lowest BCUT2D eigenvalue weighted by Gasteiger charge is -2.24. The van der Waals surface area contributed by atoms with Gasteiger partial charge in [0.25, 0.3) is 0 Å². The highest BCUT2D eigenvalue weighted by Crippen LogP contribution is 2.23. The first-order valence-electron chi connectivity index (χ1n) is 8.89. The van der Waals surface area contributed by atoms with Crippen LogP contribution in [0.4, 0.5) is 0 Å². The van der Waals surface area contributed by atoms with E-state index in [4.69, 9.17) is 4.99 Å². The predicted molar refractivity (Wildman–Crippen MR) is 96.9 cm³/mol. The monoisotopic (exact) mass is 314 g/mol. The van der Waals surface area contributed by atoms with Gasteiger partial charge in [0.2, 0.25) is 0 Å². The van der Waals surface area contributed by atoms with Crippen molar-refractivity contribution in [2.45, 2.75) is 58.5 Å². The second-order valence-corrected chi connectivity index (χ2v) is 6.83. The summed E-state index contributed by atoms with van der Waals surface area (Å²) in [6.07, 6.45) is 4.37. The smallest absolute Gasteiger partial charge is 0.133 e. The quantitative estimate of drug-likeness (QED) is 0.758. The summed E-state index contributed by atoms with van der Waals surface area (Å²) in [7, 11) is 2.17. The van der Waals surface area contributed by atoms with Gasteiger partial charge in [-0.3, -0.25) is 9.79 Å². The molecule has 2 atom stereocenters. The average molecular weight is 314 g/mol. The molecule has 1 aliphatic carbocycles. The molecule has 23 heavy (non-hydrogen) atoms. The third-order valence-corrected chi connectivity index (χ3v) is 4.71. The van der Waals surface area contributed by atoms with Crippen LogP contribution in [-0.4, -0.2) is 36.0 Å². The van der Waals surface area contributed by atoms with Gasteiger partial charge in [0.05, 0.1) is 0 Å². The van der Waals surface area contributed by atoms with Gasteiger partial charge in [-0.1, -0.05) is 37.3 Å². The number of nitrogens with zero attached hydrogens (tertiary/aromatic N) is 2. The van der Waals surface area contributed by atoms with E-state index in [2.05, 4.69) is 56.1 Å². The molecule has 0 N–H and O–H groups in total. The Bertz CT molecular complexity index is 524. The fraction of sp³-hybridized carbons (Fsp3) is 0.600. The van der Waals surface area contributed by atoms with Crippen LogP contribution >= 0.6 is 0 Å². The Labute approximate surface area is 140 Å². The zero-order valence-corrected chi connectivity index (χ0v) is 14.8. The number of hydrogen-bond acceptors (Lipinski definition) is 3. The standard InChI is InChI=1S/C20H30N2O/c1-4-18-14-19(23)10-11-20(18)21-16(2)12-13-22(3)15-17-8-6-5-7-9-17/h5-9,16,18H,4,10-15H2,1-3H3/b21-20-. The molecule has 0 spiro atoms. The number of Topliss-reactive ketones (excluding diaryl/α,β-unsaturated/α-hetero) is 1. The van der Waals surface area contributed by atoms with Crippen molar-refractivity contribution >= 4 is 11.5 Å². The highest BCUT2D eigenvalue weighted by Gasteiger charge is 2.24. The number of carbonyl (C=O) groups is 1. The fourth-order valence-corrected chi connectivity index (χ4v) is 3.25. The molecule has 3 nitrogen and oxygen atoms in total. The molecular formula is C20H30N2O. The SMILES string of the molecule is CCC1CC(=O)CC/C1=N/C(C)CCN(C)Cc1ccccc1. The van der Waals surface area contributed by atoms with Gasteiger partial charge in [0, 0.05) is 43.6 Å². The zero-order valence-electron chi connectivity index (χ0n) is 14.8. The van der Waals surface area contributed by atoms with Crippen molar-refractivity contribution in [1.29, 1.82) is 0 Å². The largest absolute Gasteiger partial charge is 0.302 e. The maximum absolute atomic E-state index is 11.6. The number of ketones is 1. The lowest BCUT2D eigenvalue weighted by Crippen LogP contribution is -2.27. The molecule has 1 aromatic rings. The van der Waals surface area contributed by atoms with Crippen molar-refractivity contribution in [3.63, 3.8) is 0 Å². The van der Waals surface area contributed by atoms with E-state index in [0.29, 0.717) is 30.6 Å². The Morgan fingerprint density at radius 2 is 2.00 bits per heavy atom. The second-order valence-electron chi connectivity index (χ2n) is 6.83. The van der Waals surface area contributed by atoms with Crippen LogP contribution in [0.25, 0.3) is 0 Å². The summed E-state index contributed by atoms with van der Waals surface area (Å²) in [5, 5.41) is 0. The number of carbonyl (C=O) groups excluding carboxylic acids is 1. The summed E-state index contributed by atoms with van der Waals surface area (Å²) >= 11 is 0. The molecular weight excluding hydrogens is 284 g/mol. The van der Waals surface area contributed by atoms with Crippen molar-refractivity contribution in [1.82, 2.24) is 4.90 Å². The van der Waals surface area contributed by atoms with Gasteiger partial charge in [0.15, 0.2) is 0 Å². The molecule has 0 aliphatic heterocycles. The summed E-state index contributed by atoms with van der Waals surface area (Å²) in [4.78, 5) is 18.9. The molecule has 1 aromatic carbocycles. The Balaban J connectivity index is 1.80.